The monoisotopic (exact) mass is 299 g/mol. The van der Waals surface area contributed by atoms with E-state index in [1.807, 2.05) is 0 Å². The van der Waals surface area contributed by atoms with Crippen molar-refractivity contribution in [1.82, 2.24) is 4.90 Å². The molecule has 112 valence electrons. The van der Waals surface area contributed by atoms with Gasteiger partial charge in [-0.3, -0.25) is 4.79 Å². The number of carbonyl (C=O) groups excluding carboxylic acids is 1. The highest BCUT2D eigenvalue weighted by Gasteiger charge is 2.55. The number of nitrogens with two attached hydrogens (primary N) is 1. The molecule has 2 rings (SSSR count). The molecule has 0 radical (unpaired) electrons. The third-order valence-corrected chi connectivity index (χ3v) is 6.82. The maximum atomic E-state index is 12.3. The van der Waals surface area contributed by atoms with E-state index in [-0.39, 0.29) is 11.8 Å². The average Bonchev–Trinajstić information content (AvgIpc) is 2.97. The molecule has 20 heavy (non-hydrogen) atoms. The normalized spacial score (nSPS) is 30.6. The molecule has 0 spiro atoms. The van der Waals surface area contributed by atoms with Crippen LogP contribution in [0.15, 0.2) is 0 Å². The van der Waals surface area contributed by atoms with Gasteiger partial charge < -0.3 is 10.6 Å². The molecule has 6 nitrogen and oxygen atoms in total. The number of piperidine rings is 1. The Labute approximate surface area is 119 Å². The van der Waals surface area contributed by atoms with E-state index in [1.54, 1.807) is 20.8 Å². The first kappa shape index (κ1) is 15.3. The maximum Gasteiger partial charge on any atom is 0.241 e. The van der Waals surface area contributed by atoms with Gasteiger partial charge >= 0.3 is 0 Å². The Morgan fingerprint density at radius 3 is 2.55 bits per heavy atom. The van der Waals surface area contributed by atoms with Crippen molar-refractivity contribution < 1.29 is 13.2 Å². The predicted molar refractivity (Wildman–Crippen MR) is 74.3 cm³/mol. The Morgan fingerprint density at radius 2 is 2.05 bits per heavy atom. The van der Waals surface area contributed by atoms with E-state index in [0.717, 1.165) is 6.42 Å². The zero-order valence-electron chi connectivity index (χ0n) is 12.0. The van der Waals surface area contributed by atoms with Crippen LogP contribution in [0.5, 0.6) is 0 Å². The molecular formula is C13H21N3O3S. The van der Waals surface area contributed by atoms with E-state index in [1.165, 1.54) is 4.90 Å². The van der Waals surface area contributed by atoms with Gasteiger partial charge in [-0.1, -0.05) is 0 Å². The minimum Gasteiger partial charge on any atom is -0.322 e. The fraction of sp³-hybridized carbons (Fsp3) is 0.846. The van der Waals surface area contributed by atoms with Crippen molar-refractivity contribution in [3.8, 4) is 6.07 Å². The minimum absolute atomic E-state index is 0.0931. The number of fused-ring (bicyclic) bond motifs is 1. The number of nitrogens with zero attached hydrogens (tertiary/aromatic N) is 2. The van der Waals surface area contributed by atoms with Crippen LogP contribution in [0.25, 0.3) is 0 Å². The summed E-state index contributed by atoms with van der Waals surface area (Å²) in [6.45, 7) is 4.76. The van der Waals surface area contributed by atoms with Crippen LogP contribution in [0.3, 0.4) is 0 Å². The molecule has 1 aliphatic carbocycles. The van der Waals surface area contributed by atoms with Gasteiger partial charge in [0.2, 0.25) is 5.91 Å². The second-order valence-electron chi connectivity index (χ2n) is 6.69. The first-order chi connectivity index (χ1) is 9.08. The molecule has 1 saturated carbocycles. The Morgan fingerprint density at radius 1 is 1.45 bits per heavy atom. The summed E-state index contributed by atoms with van der Waals surface area (Å²) in [6, 6.07) is 0.659. The van der Waals surface area contributed by atoms with E-state index < -0.39 is 32.6 Å². The fourth-order valence-corrected chi connectivity index (χ4v) is 3.75. The van der Waals surface area contributed by atoms with Crippen molar-refractivity contribution in [2.75, 3.05) is 5.75 Å². The summed E-state index contributed by atoms with van der Waals surface area (Å²) in [5.41, 5.74) is 5.80. The molecule has 2 aliphatic rings. The van der Waals surface area contributed by atoms with Gasteiger partial charge in [0.1, 0.15) is 6.04 Å². The summed E-state index contributed by atoms with van der Waals surface area (Å²) in [5, 5.41) is 9.06. The van der Waals surface area contributed by atoms with Crippen molar-refractivity contribution in [3.63, 3.8) is 0 Å². The van der Waals surface area contributed by atoms with Crippen LogP contribution in [-0.2, 0) is 14.6 Å². The molecule has 1 amide bonds. The Hall–Kier alpha value is -1.13. The van der Waals surface area contributed by atoms with Gasteiger partial charge in [0.25, 0.3) is 0 Å². The van der Waals surface area contributed by atoms with Crippen LogP contribution in [0.2, 0.25) is 0 Å². The van der Waals surface area contributed by atoms with Crippen molar-refractivity contribution in [1.29, 1.82) is 5.26 Å². The van der Waals surface area contributed by atoms with Crippen LogP contribution in [0.1, 0.15) is 33.6 Å². The van der Waals surface area contributed by atoms with Crippen molar-refractivity contribution in [3.05, 3.63) is 0 Å². The van der Waals surface area contributed by atoms with Crippen LogP contribution in [-0.4, -0.2) is 47.9 Å². The highest BCUT2D eigenvalue weighted by Crippen LogP contribution is 2.47. The zero-order valence-corrected chi connectivity index (χ0v) is 12.9. The summed E-state index contributed by atoms with van der Waals surface area (Å²) in [5.74, 6) is -0.383. The molecule has 0 aromatic rings. The molecule has 2 N–H and O–H groups in total. The lowest BCUT2D eigenvalue weighted by Gasteiger charge is -2.27. The molecule has 7 heteroatoms. The molecule has 4 unspecified atom stereocenters. The minimum atomic E-state index is -3.46. The summed E-state index contributed by atoms with van der Waals surface area (Å²) in [6.07, 6.45) is 1.59. The lowest BCUT2D eigenvalue weighted by Crippen LogP contribution is -2.51. The number of hydrogen-bond acceptors (Lipinski definition) is 5. The van der Waals surface area contributed by atoms with E-state index >= 15 is 0 Å². The van der Waals surface area contributed by atoms with Crippen molar-refractivity contribution in [2.45, 2.75) is 56.5 Å². The SMILES string of the molecule is CC(C)(C)S(=O)(=O)CC(N)C(=O)N1C(C#N)CC2CC21. The Bertz CT molecular complexity index is 558. The lowest BCUT2D eigenvalue weighted by atomic mass is 10.2. The van der Waals surface area contributed by atoms with Gasteiger partial charge in [0.15, 0.2) is 9.84 Å². The first-order valence-electron chi connectivity index (χ1n) is 6.78. The lowest BCUT2D eigenvalue weighted by molar-refractivity contribution is -0.133. The average molecular weight is 299 g/mol. The van der Waals surface area contributed by atoms with Crippen LogP contribution >= 0.6 is 0 Å². The summed E-state index contributed by atoms with van der Waals surface area (Å²) in [7, 11) is -3.46. The molecule has 0 aromatic carbocycles. The third kappa shape index (κ3) is 2.54. The van der Waals surface area contributed by atoms with Gasteiger partial charge in [0.05, 0.1) is 22.6 Å². The topological polar surface area (TPSA) is 104 Å². The standard InChI is InChI=1S/C13H21N3O3S/c1-13(2,3)20(18,19)7-10(15)12(17)16-9(6-14)4-8-5-11(8)16/h8-11H,4-5,7,15H2,1-3H3. The van der Waals surface area contributed by atoms with Crippen LogP contribution in [0.4, 0.5) is 0 Å². The van der Waals surface area contributed by atoms with Gasteiger partial charge in [-0.25, -0.2) is 8.42 Å². The number of sulfone groups is 1. The maximum absolute atomic E-state index is 12.3. The number of hydrogen-bond donors (Lipinski definition) is 1. The third-order valence-electron chi connectivity index (χ3n) is 4.16. The number of carbonyl (C=O) groups is 1. The number of rotatable bonds is 3. The van der Waals surface area contributed by atoms with E-state index in [4.69, 9.17) is 11.0 Å². The number of nitriles is 1. The van der Waals surface area contributed by atoms with E-state index in [9.17, 15) is 13.2 Å². The smallest absolute Gasteiger partial charge is 0.241 e. The van der Waals surface area contributed by atoms with Gasteiger partial charge in [0, 0.05) is 6.04 Å². The molecule has 1 aliphatic heterocycles. The molecule has 1 saturated heterocycles. The number of amides is 1. The highest BCUT2D eigenvalue weighted by atomic mass is 32.2. The molecule has 0 aromatic heterocycles. The molecule has 4 atom stereocenters. The Kier molecular flexibility index (Phi) is 3.59. The van der Waals surface area contributed by atoms with Crippen molar-refractivity contribution in [2.24, 2.45) is 11.7 Å². The number of likely N-dealkylation sites (tertiary alicyclic amines) is 1. The second kappa shape index (κ2) is 4.71. The highest BCUT2D eigenvalue weighted by molar-refractivity contribution is 7.92. The predicted octanol–water partition coefficient (Wildman–Crippen LogP) is 0.0400. The first-order valence-corrected chi connectivity index (χ1v) is 8.43. The Balaban J connectivity index is 2.09. The molecule has 2 fully saturated rings. The fourth-order valence-electron chi connectivity index (χ4n) is 2.64. The van der Waals surface area contributed by atoms with Gasteiger partial charge in [-0.2, -0.15) is 5.26 Å². The second-order valence-corrected chi connectivity index (χ2v) is 9.48. The zero-order chi connectivity index (χ0) is 15.3. The van der Waals surface area contributed by atoms with Gasteiger partial charge in [-0.05, 0) is 39.5 Å². The van der Waals surface area contributed by atoms with E-state index in [2.05, 4.69) is 6.07 Å². The quantitative estimate of drug-likeness (QED) is 0.792. The molecule has 0 bridgehead atoms. The van der Waals surface area contributed by atoms with Crippen LogP contribution < -0.4 is 5.73 Å². The van der Waals surface area contributed by atoms with Gasteiger partial charge in [-0.15, -0.1) is 0 Å². The van der Waals surface area contributed by atoms with E-state index in [0.29, 0.717) is 12.3 Å². The van der Waals surface area contributed by atoms with Crippen LogP contribution in [0, 0.1) is 17.2 Å². The largest absolute Gasteiger partial charge is 0.322 e. The summed E-state index contributed by atoms with van der Waals surface area (Å²) >= 11 is 0. The molecular weight excluding hydrogens is 278 g/mol. The summed E-state index contributed by atoms with van der Waals surface area (Å²) < 4.78 is 23.3. The summed E-state index contributed by atoms with van der Waals surface area (Å²) in [4.78, 5) is 13.8. The molecule has 1 heterocycles. The van der Waals surface area contributed by atoms with Crippen molar-refractivity contribution >= 4 is 15.7 Å².